The highest BCUT2D eigenvalue weighted by molar-refractivity contribution is 6.80. The highest BCUT2D eigenvalue weighted by Crippen LogP contribution is 2.43. The van der Waals surface area contributed by atoms with Gasteiger partial charge in [-0.05, 0) is 45.3 Å². The average molecular weight is 432 g/mol. The van der Waals surface area contributed by atoms with Gasteiger partial charge in [-0.1, -0.05) is 99.6 Å². The molecular weight excluding hydrogens is 400 g/mol. The Morgan fingerprint density at radius 1 is 0.903 bits per heavy atom. The largest absolute Gasteiger partial charge is 0.397 e. The Kier molecular flexibility index (Phi) is 6.17. The third-order valence-corrected chi connectivity index (χ3v) is 8.37. The first kappa shape index (κ1) is 22.0. The summed E-state index contributed by atoms with van der Waals surface area (Å²) in [6.45, 7) is 6.33. The van der Waals surface area contributed by atoms with Crippen LogP contribution in [0.2, 0.25) is 0 Å². The van der Waals surface area contributed by atoms with Crippen LogP contribution in [0.25, 0.3) is 0 Å². The zero-order valence-corrected chi connectivity index (χ0v) is 19.5. The number of benzene rings is 3. The van der Waals surface area contributed by atoms with Crippen LogP contribution in [0.3, 0.4) is 0 Å². The van der Waals surface area contributed by atoms with Crippen LogP contribution in [0.4, 0.5) is 0 Å². The summed E-state index contributed by atoms with van der Waals surface area (Å²) in [5, 5.41) is 23.9. The van der Waals surface area contributed by atoms with Crippen LogP contribution in [0.15, 0.2) is 78.9 Å². The molecule has 3 nitrogen and oxygen atoms in total. The van der Waals surface area contributed by atoms with Gasteiger partial charge in [0.25, 0.3) is 9.04 Å². The Morgan fingerprint density at radius 2 is 1.48 bits per heavy atom. The van der Waals surface area contributed by atoms with E-state index < -0.39 is 20.7 Å². The van der Waals surface area contributed by atoms with Crippen LogP contribution >= 0.6 is 0 Å². The molecule has 0 spiro atoms. The van der Waals surface area contributed by atoms with Crippen LogP contribution in [-0.4, -0.2) is 31.5 Å². The van der Waals surface area contributed by atoms with Gasteiger partial charge in [0.1, 0.15) is 11.7 Å². The molecule has 1 unspecified atom stereocenters. The second kappa shape index (κ2) is 8.71. The van der Waals surface area contributed by atoms with Crippen molar-refractivity contribution in [2.24, 2.45) is 0 Å². The predicted molar refractivity (Wildman–Crippen MR) is 127 cm³/mol. The topological polar surface area (TPSA) is 49.7 Å². The fourth-order valence-corrected chi connectivity index (χ4v) is 6.71. The molecule has 0 heterocycles. The molecule has 0 saturated carbocycles. The van der Waals surface area contributed by atoms with Gasteiger partial charge in [-0.3, -0.25) is 0 Å². The van der Waals surface area contributed by atoms with Crippen molar-refractivity contribution >= 4 is 19.4 Å². The van der Waals surface area contributed by atoms with Crippen molar-refractivity contribution in [2.75, 3.05) is 6.61 Å². The van der Waals surface area contributed by atoms with Gasteiger partial charge < -0.3 is 14.6 Å². The van der Waals surface area contributed by atoms with Gasteiger partial charge in [-0.15, -0.1) is 0 Å². The standard InChI is InChI=1S/C27H31O3Si/c1-26(2,3)24-16-10-15-23-22(24)17-18-27(29,19-28)25(23)30-31(20-11-6-4-7-12-20)21-13-8-5-9-14-21/h4-16,25,28-29H,17-19H2,1-3H3/t25?,27-/m0/s1. The van der Waals surface area contributed by atoms with Gasteiger partial charge in [0.2, 0.25) is 0 Å². The molecule has 0 amide bonds. The number of rotatable bonds is 5. The molecule has 2 N–H and O–H groups in total. The monoisotopic (exact) mass is 431 g/mol. The van der Waals surface area contributed by atoms with Crippen LogP contribution < -0.4 is 10.4 Å². The molecule has 0 aromatic heterocycles. The lowest BCUT2D eigenvalue weighted by atomic mass is 9.72. The number of aliphatic hydroxyl groups is 2. The van der Waals surface area contributed by atoms with E-state index >= 15 is 0 Å². The van der Waals surface area contributed by atoms with Crippen molar-refractivity contribution in [3.05, 3.63) is 95.6 Å². The van der Waals surface area contributed by atoms with Crippen molar-refractivity contribution in [1.82, 2.24) is 0 Å². The van der Waals surface area contributed by atoms with E-state index in [1.165, 1.54) is 11.1 Å². The molecule has 0 saturated heterocycles. The zero-order valence-electron chi connectivity index (χ0n) is 18.5. The number of fused-ring (bicyclic) bond motifs is 1. The number of hydrogen-bond acceptors (Lipinski definition) is 3. The zero-order chi connectivity index (χ0) is 22.1. The highest BCUT2D eigenvalue weighted by Gasteiger charge is 2.45. The minimum absolute atomic E-state index is 0.00277. The third-order valence-electron chi connectivity index (χ3n) is 6.18. The molecule has 3 aromatic rings. The van der Waals surface area contributed by atoms with Gasteiger partial charge >= 0.3 is 0 Å². The fraction of sp³-hybridized carbons (Fsp3) is 0.333. The first-order chi connectivity index (χ1) is 14.8. The lowest BCUT2D eigenvalue weighted by Gasteiger charge is -2.43. The summed E-state index contributed by atoms with van der Waals surface area (Å²) in [7, 11) is -1.64. The van der Waals surface area contributed by atoms with Gasteiger partial charge in [0.15, 0.2) is 0 Å². The van der Waals surface area contributed by atoms with E-state index in [0.717, 1.165) is 22.4 Å². The Morgan fingerprint density at radius 3 is 2.00 bits per heavy atom. The fourth-order valence-electron chi connectivity index (χ4n) is 4.53. The summed E-state index contributed by atoms with van der Waals surface area (Å²) in [6.07, 6.45) is 0.628. The molecule has 0 fully saturated rings. The lowest BCUT2D eigenvalue weighted by Crippen LogP contribution is -2.52. The third kappa shape index (κ3) is 4.39. The van der Waals surface area contributed by atoms with Crippen molar-refractivity contribution < 1.29 is 14.6 Å². The van der Waals surface area contributed by atoms with E-state index in [9.17, 15) is 10.2 Å². The maximum absolute atomic E-state index is 11.5. The maximum atomic E-state index is 11.5. The Bertz CT molecular complexity index is 974. The minimum atomic E-state index is -1.64. The van der Waals surface area contributed by atoms with Gasteiger partial charge in [-0.2, -0.15) is 0 Å². The maximum Gasteiger partial charge on any atom is 0.283 e. The lowest BCUT2D eigenvalue weighted by molar-refractivity contribution is -0.107. The normalized spacial score (nSPS) is 21.2. The second-order valence-electron chi connectivity index (χ2n) is 9.44. The van der Waals surface area contributed by atoms with Crippen molar-refractivity contribution in [3.8, 4) is 0 Å². The molecule has 0 bridgehead atoms. The van der Waals surface area contributed by atoms with Gasteiger partial charge in [-0.25, -0.2) is 0 Å². The van der Waals surface area contributed by atoms with Gasteiger partial charge in [0.05, 0.1) is 6.61 Å². The summed E-state index contributed by atoms with van der Waals surface area (Å²) in [5.74, 6) is 0. The van der Waals surface area contributed by atoms with E-state index in [4.69, 9.17) is 4.43 Å². The molecular formula is C27H31O3Si. The predicted octanol–water partition coefficient (Wildman–Crippen LogP) is 3.52. The van der Waals surface area contributed by atoms with E-state index in [-0.39, 0.29) is 12.0 Å². The summed E-state index contributed by atoms with van der Waals surface area (Å²) < 4.78 is 6.86. The Labute approximate surface area is 187 Å². The van der Waals surface area contributed by atoms with Crippen LogP contribution in [0.5, 0.6) is 0 Å². The highest BCUT2D eigenvalue weighted by atomic mass is 28.3. The number of aliphatic hydroxyl groups excluding tert-OH is 1. The molecule has 3 aromatic carbocycles. The molecule has 2 atom stereocenters. The van der Waals surface area contributed by atoms with Crippen molar-refractivity contribution in [3.63, 3.8) is 0 Å². The first-order valence-corrected chi connectivity index (χ1v) is 12.3. The quantitative estimate of drug-likeness (QED) is 0.608. The first-order valence-electron chi connectivity index (χ1n) is 10.9. The SMILES string of the molecule is CC(C)(C)c1cccc2c1CC[C@](O)(CO)C2O[Si](c1ccccc1)c1ccccc1. The molecule has 1 aliphatic carbocycles. The van der Waals surface area contributed by atoms with Crippen molar-refractivity contribution in [1.29, 1.82) is 0 Å². The van der Waals surface area contributed by atoms with E-state index in [1.807, 2.05) is 36.4 Å². The Balaban J connectivity index is 1.83. The summed E-state index contributed by atoms with van der Waals surface area (Å²) in [4.78, 5) is 0. The smallest absolute Gasteiger partial charge is 0.283 e. The summed E-state index contributed by atoms with van der Waals surface area (Å²) >= 11 is 0. The average Bonchev–Trinajstić information content (AvgIpc) is 2.78. The molecule has 0 aliphatic heterocycles. The van der Waals surface area contributed by atoms with E-state index in [1.54, 1.807) is 0 Å². The molecule has 1 radical (unpaired) electrons. The van der Waals surface area contributed by atoms with E-state index in [0.29, 0.717) is 6.42 Å². The van der Waals surface area contributed by atoms with Crippen LogP contribution in [0, 0.1) is 0 Å². The second-order valence-corrected chi connectivity index (χ2v) is 11.5. The van der Waals surface area contributed by atoms with Crippen molar-refractivity contribution in [2.45, 2.75) is 50.7 Å². The summed E-state index contributed by atoms with van der Waals surface area (Å²) in [6, 6.07) is 26.8. The van der Waals surface area contributed by atoms with E-state index in [2.05, 4.69) is 63.2 Å². The van der Waals surface area contributed by atoms with Crippen LogP contribution in [0.1, 0.15) is 50.0 Å². The molecule has 1 aliphatic rings. The Hall–Kier alpha value is -2.24. The molecule has 4 rings (SSSR count). The minimum Gasteiger partial charge on any atom is -0.397 e. The number of hydrogen-bond donors (Lipinski definition) is 2. The molecule has 31 heavy (non-hydrogen) atoms. The molecule has 161 valence electrons. The summed E-state index contributed by atoms with van der Waals surface area (Å²) in [5.41, 5.74) is 2.23. The van der Waals surface area contributed by atoms with Gasteiger partial charge in [0, 0.05) is 0 Å². The molecule has 4 heteroatoms. The van der Waals surface area contributed by atoms with Crippen LogP contribution in [-0.2, 0) is 16.3 Å².